The number of carbonyl (C=O) groups is 1. The number of nitrogens with zero attached hydrogens (tertiary/aromatic N) is 1. The van der Waals surface area contributed by atoms with Crippen molar-refractivity contribution in [2.24, 2.45) is 0 Å². The Kier molecular flexibility index (Phi) is 12.2. The maximum absolute atomic E-state index is 11.5. The zero-order valence-electron chi connectivity index (χ0n) is 15.5. The molecule has 0 aromatic carbocycles. The second kappa shape index (κ2) is 12.7. The molecular formula is C19H39N2O+. The highest BCUT2D eigenvalue weighted by Crippen LogP contribution is 2.13. The van der Waals surface area contributed by atoms with E-state index in [0.29, 0.717) is 5.57 Å². The third kappa shape index (κ3) is 9.24. The van der Waals surface area contributed by atoms with Crippen molar-refractivity contribution in [2.75, 3.05) is 32.7 Å². The van der Waals surface area contributed by atoms with E-state index in [1.54, 1.807) is 6.92 Å². The smallest absolute Gasteiger partial charge is 0.246 e. The number of amides is 1. The van der Waals surface area contributed by atoms with Crippen LogP contribution >= 0.6 is 0 Å². The van der Waals surface area contributed by atoms with Crippen molar-refractivity contribution < 1.29 is 9.28 Å². The van der Waals surface area contributed by atoms with Gasteiger partial charge in [-0.1, -0.05) is 39.2 Å². The predicted octanol–water partition coefficient (Wildman–Crippen LogP) is 4.29. The number of hydrogen-bond acceptors (Lipinski definition) is 1. The lowest BCUT2D eigenvalue weighted by molar-refractivity contribution is -0.925. The van der Waals surface area contributed by atoms with E-state index in [0.717, 1.165) is 13.0 Å². The number of hydrogen-bond donors (Lipinski definition) is 1. The Labute approximate surface area is 138 Å². The van der Waals surface area contributed by atoms with Gasteiger partial charge >= 0.3 is 0 Å². The van der Waals surface area contributed by atoms with Crippen LogP contribution in [-0.4, -0.2) is 43.1 Å². The van der Waals surface area contributed by atoms with E-state index in [1.165, 1.54) is 69.2 Å². The molecule has 0 spiro atoms. The van der Waals surface area contributed by atoms with Crippen molar-refractivity contribution in [1.82, 2.24) is 5.32 Å². The minimum atomic E-state index is -0.0120. The van der Waals surface area contributed by atoms with Gasteiger partial charge in [0.1, 0.15) is 0 Å². The van der Waals surface area contributed by atoms with Gasteiger partial charge in [0.2, 0.25) is 5.91 Å². The molecule has 0 fully saturated rings. The first kappa shape index (κ1) is 21.2. The molecule has 0 aromatic rings. The minimum absolute atomic E-state index is 0.0120. The molecule has 0 unspecified atom stereocenters. The first-order chi connectivity index (χ1) is 10.5. The lowest BCUT2D eigenvalue weighted by Crippen LogP contribution is -2.49. The van der Waals surface area contributed by atoms with Crippen LogP contribution in [0.4, 0.5) is 0 Å². The molecule has 0 atom stereocenters. The van der Waals surface area contributed by atoms with Gasteiger partial charge in [-0.3, -0.25) is 4.79 Å². The molecule has 0 heterocycles. The lowest BCUT2D eigenvalue weighted by atomic mass is 10.1. The van der Waals surface area contributed by atoms with E-state index in [-0.39, 0.29) is 5.91 Å². The largest absolute Gasteiger partial charge is 0.352 e. The normalized spacial score (nSPS) is 11.5. The molecule has 0 bridgehead atoms. The summed E-state index contributed by atoms with van der Waals surface area (Å²) in [6.07, 6.45) is 9.23. The highest BCUT2D eigenvalue weighted by molar-refractivity contribution is 5.91. The summed E-state index contributed by atoms with van der Waals surface area (Å²) in [4.78, 5) is 11.5. The molecule has 0 saturated heterocycles. The Morgan fingerprint density at radius 1 is 0.909 bits per heavy atom. The van der Waals surface area contributed by atoms with Gasteiger partial charge in [0.15, 0.2) is 0 Å². The van der Waals surface area contributed by atoms with Crippen LogP contribution < -0.4 is 5.32 Å². The number of quaternary nitrogens is 1. The molecule has 0 aromatic heterocycles. The maximum atomic E-state index is 11.5. The van der Waals surface area contributed by atoms with Gasteiger partial charge in [0, 0.05) is 18.5 Å². The Hall–Kier alpha value is -0.830. The third-order valence-electron chi connectivity index (χ3n) is 4.81. The highest BCUT2D eigenvalue weighted by atomic mass is 16.1. The van der Waals surface area contributed by atoms with E-state index in [4.69, 9.17) is 0 Å². The van der Waals surface area contributed by atoms with Crippen LogP contribution in [0.5, 0.6) is 0 Å². The quantitative estimate of drug-likeness (QED) is 0.289. The van der Waals surface area contributed by atoms with Crippen LogP contribution in [0.3, 0.4) is 0 Å². The molecule has 0 saturated carbocycles. The molecule has 1 amide bonds. The highest BCUT2D eigenvalue weighted by Gasteiger charge is 2.21. The van der Waals surface area contributed by atoms with Gasteiger partial charge in [-0.15, -0.1) is 0 Å². The van der Waals surface area contributed by atoms with Crippen molar-refractivity contribution in [3.05, 3.63) is 12.2 Å². The van der Waals surface area contributed by atoms with Gasteiger partial charge in [0.25, 0.3) is 0 Å². The standard InChI is InChI=1S/C19H38N2O/c1-6-9-10-11-12-13-16-21(7-2,8-3)17-14-15-20-19(22)18(4)5/h4,6-17H2,1-3,5H3/p+1. The number of carbonyl (C=O) groups excluding carboxylic acids is 1. The fourth-order valence-electron chi connectivity index (χ4n) is 2.96. The molecule has 0 aliphatic carbocycles. The lowest BCUT2D eigenvalue weighted by Gasteiger charge is -2.37. The van der Waals surface area contributed by atoms with E-state index >= 15 is 0 Å². The summed E-state index contributed by atoms with van der Waals surface area (Å²) in [6.45, 7) is 17.9. The Balaban J connectivity index is 3.99. The summed E-state index contributed by atoms with van der Waals surface area (Å²) < 4.78 is 1.19. The van der Waals surface area contributed by atoms with Crippen molar-refractivity contribution in [1.29, 1.82) is 0 Å². The summed E-state index contributed by atoms with van der Waals surface area (Å²) in [5.41, 5.74) is 0.596. The summed E-state index contributed by atoms with van der Waals surface area (Å²) in [5, 5.41) is 2.94. The fraction of sp³-hybridized carbons (Fsp3) is 0.842. The van der Waals surface area contributed by atoms with Gasteiger partial charge in [-0.05, 0) is 33.6 Å². The SMILES string of the molecule is C=C(C)C(=O)NCCC[N+](CC)(CC)CCCCCCCC. The predicted molar refractivity (Wildman–Crippen MR) is 96.9 cm³/mol. The number of rotatable bonds is 14. The van der Waals surface area contributed by atoms with Gasteiger partial charge in [0.05, 0.1) is 26.2 Å². The molecule has 0 rings (SSSR count). The van der Waals surface area contributed by atoms with E-state index in [2.05, 4.69) is 32.7 Å². The van der Waals surface area contributed by atoms with Crippen LogP contribution in [0.15, 0.2) is 12.2 Å². The first-order valence-electron chi connectivity index (χ1n) is 9.30. The van der Waals surface area contributed by atoms with Crippen LogP contribution in [-0.2, 0) is 4.79 Å². The zero-order valence-corrected chi connectivity index (χ0v) is 15.5. The monoisotopic (exact) mass is 311 g/mol. The number of nitrogens with one attached hydrogen (secondary N) is 1. The fourth-order valence-corrected chi connectivity index (χ4v) is 2.96. The Bertz CT molecular complexity index is 309. The third-order valence-corrected chi connectivity index (χ3v) is 4.81. The van der Waals surface area contributed by atoms with Crippen molar-refractivity contribution in [2.45, 2.75) is 72.6 Å². The Morgan fingerprint density at radius 3 is 2.00 bits per heavy atom. The zero-order chi connectivity index (χ0) is 16.8. The second-order valence-electron chi connectivity index (χ2n) is 6.58. The minimum Gasteiger partial charge on any atom is -0.352 e. The van der Waals surface area contributed by atoms with Gasteiger partial charge in [-0.25, -0.2) is 0 Å². The van der Waals surface area contributed by atoms with E-state index in [1.807, 2.05) is 0 Å². The molecule has 3 nitrogen and oxygen atoms in total. The second-order valence-corrected chi connectivity index (χ2v) is 6.58. The summed E-state index contributed by atoms with van der Waals surface area (Å²) in [6, 6.07) is 0. The maximum Gasteiger partial charge on any atom is 0.246 e. The van der Waals surface area contributed by atoms with Crippen molar-refractivity contribution in [3.63, 3.8) is 0 Å². The van der Waals surface area contributed by atoms with Crippen LogP contribution in [0.1, 0.15) is 72.6 Å². The van der Waals surface area contributed by atoms with Crippen LogP contribution in [0, 0.1) is 0 Å². The van der Waals surface area contributed by atoms with E-state index < -0.39 is 0 Å². The van der Waals surface area contributed by atoms with Crippen molar-refractivity contribution in [3.8, 4) is 0 Å². The molecule has 3 heteroatoms. The summed E-state index contributed by atoms with van der Waals surface area (Å²) in [7, 11) is 0. The molecule has 0 aliphatic rings. The van der Waals surface area contributed by atoms with Gasteiger partial charge < -0.3 is 9.80 Å². The molecule has 1 N–H and O–H groups in total. The van der Waals surface area contributed by atoms with Crippen LogP contribution in [0.25, 0.3) is 0 Å². The molecule has 0 aliphatic heterocycles. The van der Waals surface area contributed by atoms with E-state index in [9.17, 15) is 4.79 Å². The summed E-state index contributed by atoms with van der Waals surface area (Å²) in [5.74, 6) is -0.0120. The molecule has 22 heavy (non-hydrogen) atoms. The summed E-state index contributed by atoms with van der Waals surface area (Å²) >= 11 is 0. The average molecular weight is 312 g/mol. The van der Waals surface area contributed by atoms with Crippen LogP contribution in [0.2, 0.25) is 0 Å². The Morgan fingerprint density at radius 2 is 1.45 bits per heavy atom. The topological polar surface area (TPSA) is 29.1 Å². The van der Waals surface area contributed by atoms with Gasteiger partial charge in [-0.2, -0.15) is 0 Å². The average Bonchev–Trinajstić information content (AvgIpc) is 2.52. The van der Waals surface area contributed by atoms with Crippen molar-refractivity contribution >= 4 is 5.91 Å². The first-order valence-corrected chi connectivity index (χ1v) is 9.30. The molecular weight excluding hydrogens is 272 g/mol. The molecule has 0 radical (unpaired) electrons. The number of unbranched alkanes of at least 4 members (excludes halogenated alkanes) is 5. The molecule has 130 valence electrons.